The first-order chi connectivity index (χ1) is 9.66. The Morgan fingerprint density at radius 1 is 1.50 bits per heavy atom. The topological polar surface area (TPSA) is 84.1 Å². The Morgan fingerprint density at radius 3 is 3.00 bits per heavy atom. The van der Waals surface area contributed by atoms with E-state index in [1.807, 2.05) is 0 Å². The molecule has 2 rings (SSSR count). The summed E-state index contributed by atoms with van der Waals surface area (Å²) in [5.74, 6) is -0.376. The first-order valence-corrected chi connectivity index (χ1v) is 7.13. The largest absolute Gasteiger partial charge is 0.378 e. The summed E-state index contributed by atoms with van der Waals surface area (Å²) in [6, 6.07) is 1.48. The van der Waals surface area contributed by atoms with Crippen LogP contribution in [0.3, 0.4) is 0 Å². The minimum atomic E-state index is -0.220. The molecule has 20 heavy (non-hydrogen) atoms. The average Bonchev–Trinajstić information content (AvgIpc) is 3.09. The Labute approximate surface area is 118 Å². The summed E-state index contributed by atoms with van der Waals surface area (Å²) in [6.45, 7) is 2.93. The molecule has 0 spiro atoms. The van der Waals surface area contributed by atoms with Crippen molar-refractivity contribution >= 4 is 11.7 Å². The second-order valence-corrected chi connectivity index (χ2v) is 5.11. The lowest BCUT2D eigenvalue weighted by molar-refractivity contribution is 0.0941. The van der Waals surface area contributed by atoms with Crippen LogP contribution in [0.1, 0.15) is 60.0 Å². The van der Waals surface area contributed by atoms with Crippen molar-refractivity contribution in [1.29, 1.82) is 0 Å². The van der Waals surface area contributed by atoms with Gasteiger partial charge in [-0.3, -0.25) is 14.7 Å². The number of rotatable bonds is 7. The molecule has 1 aromatic heterocycles. The van der Waals surface area contributed by atoms with Crippen molar-refractivity contribution in [3.05, 3.63) is 17.5 Å². The molecule has 0 unspecified atom stereocenters. The minimum Gasteiger partial charge on any atom is -0.378 e. The van der Waals surface area contributed by atoms with Gasteiger partial charge in [0.25, 0.3) is 5.91 Å². The molecule has 110 valence electrons. The van der Waals surface area contributed by atoms with Gasteiger partial charge >= 0.3 is 0 Å². The number of Topliss-reactive ketones (excluding diaryl/α,β-unsaturated/α-hetero) is 1. The van der Waals surface area contributed by atoms with Gasteiger partial charge in [0.05, 0.1) is 6.10 Å². The van der Waals surface area contributed by atoms with Crippen molar-refractivity contribution in [2.24, 2.45) is 0 Å². The number of nitrogens with zero attached hydrogens (tertiary/aromatic N) is 1. The lowest BCUT2D eigenvalue weighted by Crippen LogP contribution is -2.25. The lowest BCUT2D eigenvalue weighted by Gasteiger charge is -2.08. The maximum atomic E-state index is 11.8. The third-order valence-corrected chi connectivity index (χ3v) is 3.45. The Bertz CT molecular complexity index is 464. The Hall–Kier alpha value is -1.69. The van der Waals surface area contributed by atoms with E-state index < -0.39 is 0 Å². The molecule has 2 heterocycles. The molecule has 6 nitrogen and oxygen atoms in total. The van der Waals surface area contributed by atoms with E-state index in [1.54, 1.807) is 0 Å². The second kappa shape index (κ2) is 7.19. The quantitative estimate of drug-likeness (QED) is 0.587. The predicted octanol–water partition coefficient (Wildman–Crippen LogP) is 1.69. The standard InChI is InChI=1S/C14H21N3O3/c1-10(18)12-9-13(17-16-12)14(19)15-7-3-2-5-11-6-4-8-20-11/h9,11H,2-8H2,1H3,(H,15,19)(H,16,17)/t11-/m1/s1. The fourth-order valence-corrected chi connectivity index (χ4v) is 2.28. The maximum Gasteiger partial charge on any atom is 0.269 e. The molecule has 1 fully saturated rings. The average molecular weight is 279 g/mol. The number of nitrogens with one attached hydrogen (secondary N) is 2. The summed E-state index contributed by atoms with van der Waals surface area (Å²) in [5.41, 5.74) is 0.614. The number of aromatic nitrogens is 2. The molecule has 0 aliphatic carbocycles. The Kier molecular flexibility index (Phi) is 5.29. The molecule has 0 radical (unpaired) electrons. The van der Waals surface area contributed by atoms with Gasteiger partial charge in [0.2, 0.25) is 0 Å². The molecule has 1 amide bonds. The highest BCUT2D eigenvalue weighted by atomic mass is 16.5. The van der Waals surface area contributed by atoms with Gasteiger partial charge in [0.1, 0.15) is 11.4 Å². The van der Waals surface area contributed by atoms with Gasteiger partial charge in [-0.2, -0.15) is 5.10 Å². The van der Waals surface area contributed by atoms with Crippen LogP contribution in [-0.2, 0) is 4.74 Å². The third-order valence-electron chi connectivity index (χ3n) is 3.45. The van der Waals surface area contributed by atoms with E-state index in [4.69, 9.17) is 4.74 Å². The van der Waals surface area contributed by atoms with E-state index in [1.165, 1.54) is 19.4 Å². The first-order valence-electron chi connectivity index (χ1n) is 7.13. The monoisotopic (exact) mass is 279 g/mol. The molecule has 6 heteroatoms. The van der Waals surface area contributed by atoms with Crippen molar-refractivity contribution in [2.45, 2.75) is 45.1 Å². The van der Waals surface area contributed by atoms with Gasteiger partial charge < -0.3 is 10.1 Å². The van der Waals surface area contributed by atoms with E-state index in [9.17, 15) is 9.59 Å². The number of hydrogen-bond donors (Lipinski definition) is 2. The fourth-order valence-electron chi connectivity index (χ4n) is 2.28. The predicted molar refractivity (Wildman–Crippen MR) is 73.8 cm³/mol. The van der Waals surface area contributed by atoms with Gasteiger partial charge in [-0.05, 0) is 38.2 Å². The third kappa shape index (κ3) is 4.16. The highest BCUT2D eigenvalue weighted by Gasteiger charge is 2.15. The van der Waals surface area contributed by atoms with Crippen LogP contribution in [0.4, 0.5) is 0 Å². The van der Waals surface area contributed by atoms with E-state index in [2.05, 4.69) is 15.5 Å². The number of aromatic amines is 1. The molecule has 1 aliphatic heterocycles. The van der Waals surface area contributed by atoms with Crippen LogP contribution in [0, 0.1) is 0 Å². The number of carbonyl (C=O) groups is 2. The maximum absolute atomic E-state index is 11.8. The molecule has 0 bridgehead atoms. The van der Waals surface area contributed by atoms with Crippen LogP contribution in [0.2, 0.25) is 0 Å². The summed E-state index contributed by atoms with van der Waals surface area (Å²) in [6.07, 6.45) is 5.78. The number of amides is 1. The highest BCUT2D eigenvalue weighted by Crippen LogP contribution is 2.17. The summed E-state index contributed by atoms with van der Waals surface area (Å²) in [4.78, 5) is 22.9. The highest BCUT2D eigenvalue weighted by molar-refractivity contribution is 5.97. The molecule has 1 aliphatic rings. The van der Waals surface area contributed by atoms with Gasteiger partial charge in [0, 0.05) is 20.1 Å². The summed E-state index contributed by atoms with van der Waals surface area (Å²) in [7, 11) is 0. The van der Waals surface area contributed by atoms with E-state index >= 15 is 0 Å². The summed E-state index contributed by atoms with van der Waals surface area (Å²) >= 11 is 0. The molecule has 1 atom stereocenters. The van der Waals surface area contributed by atoms with Crippen LogP contribution in [0.15, 0.2) is 6.07 Å². The van der Waals surface area contributed by atoms with Crippen molar-refractivity contribution < 1.29 is 14.3 Å². The Balaban J connectivity index is 1.62. The Morgan fingerprint density at radius 2 is 2.35 bits per heavy atom. The van der Waals surface area contributed by atoms with Crippen LogP contribution >= 0.6 is 0 Å². The number of unbranched alkanes of at least 4 members (excludes halogenated alkanes) is 1. The second-order valence-electron chi connectivity index (χ2n) is 5.11. The normalized spacial score (nSPS) is 18.1. The number of carbonyl (C=O) groups excluding carboxylic acids is 2. The van der Waals surface area contributed by atoms with Crippen LogP contribution in [0.25, 0.3) is 0 Å². The van der Waals surface area contributed by atoms with Gasteiger partial charge in [-0.1, -0.05) is 0 Å². The minimum absolute atomic E-state index is 0.156. The van der Waals surface area contributed by atoms with Gasteiger partial charge in [0.15, 0.2) is 5.78 Å². The molecule has 1 saturated heterocycles. The van der Waals surface area contributed by atoms with Crippen molar-refractivity contribution in [3.8, 4) is 0 Å². The van der Waals surface area contributed by atoms with E-state index in [-0.39, 0.29) is 17.4 Å². The zero-order chi connectivity index (χ0) is 14.4. The van der Waals surface area contributed by atoms with Gasteiger partial charge in [-0.25, -0.2) is 0 Å². The van der Waals surface area contributed by atoms with Crippen LogP contribution in [0.5, 0.6) is 0 Å². The van der Waals surface area contributed by atoms with Crippen LogP contribution < -0.4 is 5.32 Å². The zero-order valence-electron chi connectivity index (χ0n) is 11.8. The van der Waals surface area contributed by atoms with Crippen molar-refractivity contribution in [2.75, 3.05) is 13.2 Å². The number of H-pyrrole nitrogens is 1. The number of ketones is 1. The molecular formula is C14H21N3O3. The first kappa shape index (κ1) is 14.7. The number of hydrogen-bond acceptors (Lipinski definition) is 4. The molecule has 0 saturated carbocycles. The molecule has 2 N–H and O–H groups in total. The van der Waals surface area contributed by atoms with Crippen molar-refractivity contribution in [3.63, 3.8) is 0 Å². The summed E-state index contributed by atoms with van der Waals surface area (Å²) < 4.78 is 5.54. The summed E-state index contributed by atoms with van der Waals surface area (Å²) in [5, 5.41) is 9.17. The SMILES string of the molecule is CC(=O)c1cc(C(=O)NCCCC[C@@H]2CCCO2)[nH]n1. The molecular weight excluding hydrogens is 258 g/mol. The van der Waals surface area contributed by atoms with Crippen molar-refractivity contribution in [1.82, 2.24) is 15.5 Å². The fraction of sp³-hybridized carbons (Fsp3) is 0.643. The molecule has 0 aromatic carbocycles. The number of ether oxygens (including phenoxy) is 1. The van der Waals surface area contributed by atoms with E-state index in [0.717, 1.165) is 32.3 Å². The smallest absolute Gasteiger partial charge is 0.269 e. The van der Waals surface area contributed by atoms with Gasteiger partial charge in [-0.15, -0.1) is 0 Å². The van der Waals surface area contributed by atoms with Crippen LogP contribution in [-0.4, -0.2) is 41.1 Å². The molecule has 1 aromatic rings. The lowest BCUT2D eigenvalue weighted by atomic mass is 10.1. The van der Waals surface area contributed by atoms with E-state index in [0.29, 0.717) is 18.3 Å². The zero-order valence-corrected chi connectivity index (χ0v) is 11.8.